The van der Waals surface area contributed by atoms with Crippen LogP contribution in [0.25, 0.3) is 21.8 Å². The van der Waals surface area contributed by atoms with Gasteiger partial charge in [0.2, 0.25) is 0 Å². The van der Waals surface area contributed by atoms with E-state index in [-0.39, 0.29) is 17.7 Å². The number of fused-ring (bicyclic) bond motifs is 3. The second-order valence-corrected chi connectivity index (χ2v) is 12.6. The summed E-state index contributed by atoms with van der Waals surface area (Å²) in [7, 11) is 1.97. The molecule has 1 atom stereocenters. The van der Waals surface area contributed by atoms with Crippen molar-refractivity contribution in [3.63, 3.8) is 0 Å². The maximum Gasteiger partial charge on any atom is 0.404 e. The number of carbonyl (C=O) groups excluding carboxylic acids is 1. The third-order valence-corrected chi connectivity index (χ3v) is 9.11. The van der Waals surface area contributed by atoms with Crippen molar-refractivity contribution in [1.82, 2.24) is 40.4 Å². The van der Waals surface area contributed by atoms with Crippen LogP contribution in [0.1, 0.15) is 56.5 Å². The first-order chi connectivity index (χ1) is 23.8. The molecule has 0 aliphatic carbocycles. The highest BCUT2D eigenvalue weighted by atomic mass is 16.4. The molecule has 0 saturated carbocycles. The number of aromatic nitrogens is 4. The number of aromatic hydroxyl groups is 1. The van der Waals surface area contributed by atoms with Crippen LogP contribution in [-0.4, -0.2) is 60.9 Å². The van der Waals surface area contributed by atoms with Gasteiger partial charge in [-0.1, -0.05) is 30.3 Å². The van der Waals surface area contributed by atoms with Crippen molar-refractivity contribution >= 4 is 33.8 Å². The van der Waals surface area contributed by atoms with Crippen molar-refractivity contribution < 1.29 is 19.8 Å². The monoisotopic (exact) mass is 660 g/mol. The van der Waals surface area contributed by atoms with E-state index in [1.165, 1.54) is 10.9 Å². The molecule has 252 valence electrons. The van der Waals surface area contributed by atoms with Gasteiger partial charge in [-0.05, 0) is 66.4 Å². The first-order valence-corrected chi connectivity index (χ1v) is 16.5. The van der Waals surface area contributed by atoms with E-state index < -0.39 is 6.09 Å². The number of carbonyl (C=O) groups is 2. The van der Waals surface area contributed by atoms with Crippen molar-refractivity contribution in [2.75, 3.05) is 19.6 Å². The van der Waals surface area contributed by atoms with Gasteiger partial charge >= 0.3 is 6.09 Å². The van der Waals surface area contributed by atoms with E-state index in [1.807, 2.05) is 42.3 Å². The van der Waals surface area contributed by atoms with Crippen LogP contribution in [0.5, 0.6) is 5.75 Å². The molecule has 7 rings (SSSR count). The van der Waals surface area contributed by atoms with Gasteiger partial charge < -0.3 is 45.6 Å². The average Bonchev–Trinajstić information content (AvgIpc) is 3.84. The maximum atomic E-state index is 12.9. The molecule has 0 spiro atoms. The Hall–Kier alpha value is -5.59. The van der Waals surface area contributed by atoms with Gasteiger partial charge in [0, 0.05) is 84.2 Å². The van der Waals surface area contributed by atoms with E-state index in [0.717, 1.165) is 63.9 Å². The third kappa shape index (κ3) is 6.87. The van der Waals surface area contributed by atoms with E-state index in [0.29, 0.717) is 38.3 Å². The number of benzene rings is 3. The number of phenols is 1. The molecule has 49 heavy (non-hydrogen) atoms. The fourth-order valence-electron chi connectivity index (χ4n) is 6.89. The van der Waals surface area contributed by atoms with Crippen LogP contribution < -0.4 is 21.3 Å². The Balaban J connectivity index is 1.09. The fourth-order valence-corrected chi connectivity index (χ4v) is 6.89. The van der Waals surface area contributed by atoms with E-state index in [4.69, 9.17) is 5.11 Å². The summed E-state index contributed by atoms with van der Waals surface area (Å²) in [6, 6.07) is 19.2. The fraction of sp³-hybridized carbons (Fsp3) is 0.270. The topological polar surface area (TPSA) is 161 Å². The molecule has 0 saturated heterocycles. The minimum Gasteiger partial charge on any atom is -0.508 e. The zero-order valence-corrected chi connectivity index (χ0v) is 27.3. The number of hydrogen-bond acceptors (Lipinski definition) is 6. The molecule has 6 aromatic rings. The third-order valence-electron chi connectivity index (χ3n) is 9.11. The minimum absolute atomic E-state index is 0.133. The number of para-hydroxylation sites is 1. The van der Waals surface area contributed by atoms with Crippen molar-refractivity contribution in [1.29, 1.82) is 0 Å². The summed E-state index contributed by atoms with van der Waals surface area (Å²) < 4.78 is 4.23. The van der Waals surface area contributed by atoms with Crippen LogP contribution >= 0.6 is 0 Å². The zero-order chi connectivity index (χ0) is 33.9. The summed E-state index contributed by atoms with van der Waals surface area (Å²) >= 11 is 0. The molecule has 0 fully saturated rings. The lowest BCUT2D eigenvalue weighted by atomic mass is 9.95. The minimum atomic E-state index is -1.01. The van der Waals surface area contributed by atoms with E-state index >= 15 is 0 Å². The first-order valence-electron chi connectivity index (χ1n) is 16.5. The average molecular weight is 661 g/mol. The summed E-state index contributed by atoms with van der Waals surface area (Å²) in [4.78, 5) is 31.7. The second-order valence-electron chi connectivity index (χ2n) is 12.6. The van der Waals surface area contributed by atoms with E-state index in [9.17, 15) is 14.7 Å². The van der Waals surface area contributed by atoms with Crippen LogP contribution in [0.4, 0.5) is 4.79 Å². The molecule has 0 radical (unpaired) electrons. The molecule has 4 heterocycles. The molecule has 12 heteroatoms. The quantitative estimate of drug-likeness (QED) is 0.0846. The molecule has 1 aliphatic rings. The predicted molar refractivity (Wildman–Crippen MR) is 188 cm³/mol. The van der Waals surface area contributed by atoms with Gasteiger partial charge in [0.05, 0.1) is 24.6 Å². The molecule has 1 unspecified atom stereocenters. The number of aromatic amines is 1. The summed E-state index contributed by atoms with van der Waals surface area (Å²) in [5, 5.41) is 33.7. The lowest BCUT2D eigenvalue weighted by molar-refractivity contribution is 0.0960. The van der Waals surface area contributed by atoms with Crippen LogP contribution in [-0.2, 0) is 33.1 Å². The lowest BCUT2D eigenvalue weighted by Crippen LogP contribution is -2.31. The SMILES string of the molecule is Cn1cnc(Cn2cc(CCCNCCNC(=O)O)c3ccc(CNCc4[nH]c5ccccc5c4C4NC(=O)c5ccc(O)cc54)cc32)c1. The number of nitrogens with zero attached hydrogens (tertiary/aromatic N) is 3. The van der Waals surface area contributed by atoms with Gasteiger partial charge in [-0.25, -0.2) is 9.78 Å². The number of phenolic OH excluding ortho intramolecular Hbond substituents is 1. The van der Waals surface area contributed by atoms with Crippen molar-refractivity contribution in [2.45, 2.75) is 38.5 Å². The summed E-state index contributed by atoms with van der Waals surface area (Å²) in [6.45, 7) is 3.62. The number of rotatable bonds is 14. The molecule has 3 aromatic heterocycles. The van der Waals surface area contributed by atoms with Crippen molar-refractivity contribution in [3.8, 4) is 5.75 Å². The van der Waals surface area contributed by atoms with Gasteiger partial charge in [0.25, 0.3) is 5.91 Å². The number of nitrogens with one attached hydrogen (secondary N) is 5. The standard InChI is InChI=1S/C37H40N8O4/c1-44-20-25(41-22-44)21-45-19-24(5-4-12-38-13-14-40-37(48)49)27-10-8-23(15-33(27)45)17-39-18-32-34(29-6-2-3-7-31(29)42-32)35-30-16-26(46)9-11-28(30)36(47)43-35/h2-3,6-11,15-16,19-20,22,35,38-40,42,46H,4-5,12-14,17-18,21H2,1H3,(H,43,47)(H,48,49). The van der Waals surface area contributed by atoms with Crippen LogP contribution in [0, 0.1) is 0 Å². The Labute approximate surface area is 283 Å². The second kappa shape index (κ2) is 13.9. The molecule has 1 aliphatic heterocycles. The molecular formula is C37H40N8O4. The number of imidazole rings is 1. The first kappa shape index (κ1) is 32.0. The van der Waals surface area contributed by atoms with Crippen LogP contribution in [0.3, 0.4) is 0 Å². The molecule has 3 aromatic carbocycles. The molecule has 7 N–H and O–H groups in total. The summed E-state index contributed by atoms with van der Waals surface area (Å²) in [5.41, 5.74) is 8.88. The highest BCUT2D eigenvalue weighted by molar-refractivity contribution is 6.01. The Morgan fingerprint density at radius 2 is 1.86 bits per heavy atom. The molecule has 12 nitrogen and oxygen atoms in total. The van der Waals surface area contributed by atoms with Gasteiger partial charge in [-0.15, -0.1) is 0 Å². The number of H-pyrrole nitrogens is 1. The smallest absolute Gasteiger partial charge is 0.404 e. The number of carboxylic acid groups (broad SMARTS) is 1. The van der Waals surface area contributed by atoms with Gasteiger partial charge in [-0.3, -0.25) is 4.79 Å². The Kier molecular flexibility index (Phi) is 9.05. The molecule has 2 amide bonds. The number of aryl methyl sites for hydroxylation is 2. The Bertz CT molecular complexity index is 2150. The maximum absolute atomic E-state index is 12.9. The zero-order valence-electron chi connectivity index (χ0n) is 27.3. The lowest BCUT2D eigenvalue weighted by Gasteiger charge is -2.15. The van der Waals surface area contributed by atoms with Gasteiger partial charge in [0.15, 0.2) is 0 Å². The molecular weight excluding hydrogens is 620 g/mol. The number of amides is 2. The van der Waals surface area contributed by atoms with Crippen LogP contribution in [0.15, 0.2) is 79.4 Å². The normalized spacial score (nSPS) is 14.1. The van der Waals surface area contributed by atoms with Crippen molar-refractivity contribution in [2.24, 2.45) is 7.05 Å². The highest BCUT2D eigenvalue weighted by Crippen LogP contribution is 2.38. The predicted octanol–water partition coefficient (Wildman–Crippen LogP) is 4.52. The largest absolute Gasteiger partial charge is 0.508 e. The Morgan fingerprint density at radius 1 is 0.980 bits per heavy atom. The van der Waals surface area contributed by atoms with E-state index in [2.05, 4.69) is 66.3 Å². The van der Waals surface area contributed by atoms with Crippen LogP contribution in [0.2, 0.25) is 0 Å². The highest BCUT2D eigenvalue weighted by Gasteiger charge is 2.33. The molecule has 0 bridgehead atoms. The Morgan fingerprint density at radius 3 is 2.69 bits per heavy atom. The van der Waals surface area contributed by atoms with Gasteiger partial charge in [-0.2, -0.15) is 0 Å². The van der Waals surface area contributed by atoms with E-state index in [1.54, 1.807) is 18.2 Å². The van der Waals surface area contributed by atoms with Gasteiger partial charge in [0.1, 0.15) is 5.75 Å². The summed E-state index contributed by atoms with van der Waals surface area (Å²) in [5.74, 6) is -0.0109. The summed E-state index contributed by atoms with van der Waals surface area (Å²) in [6.07, 6.45) is 6.90. The number of hydrogen-bond donors (Lipinski definition) is 7. The van der Waals surface area contributed by atoms with Crippen molar-refractivity contribution in [3.05, 3.63) is 119 Å².